The summed E-state index contributed by atoms with van der Waals surface area (Å²) in [6.45, 7) is 5.09. The summed E-state index contributed by atoms with van der Waals surface area (Å²) in [7, 11) is 0. The Hall–Kier alpha value is -1.55. The highest BCUT2D eigenvalue weighted by atomic mass is 16.3. The molecule has 0 heterocycles. The van der Waals surface area contributed by atoms with Crippen LogP contribution in [-0.4, -0.2) is 29.7 Å². The first-order valence-corrected chi connectivity index (χ1v) is 7.93. The third kappa shape index (κ3) is 4.46. The van der Waals surface area contributed by atoms with Gasteiger partial charge in [-0.3, -0.25) is 4.79 Å². The van der Waals surface area contributed by atoms with Crippen molar-refractivity contribution < 1.29 is 9.90 Å². The van der Waals surface area contributed by atoms with Gasteiger partial charge in [-0.1, -0.05) is 6.92 Å². The van der Waals surface area contributed by atoms with Crippen LogP contribution in [0.4, 0.5) is 5.69 Å². The molecule has 4 heteroatoms. The smallest absolute Gasteiger partial charge is 0.251 e. The number of amides is 1. The Bertz CT molecular complexity index is 480. The minimum Gasteiger partial charge on any atom is -0.393 e. The standard InChI is InChI=1S/C17H26N2O2/c1-3-10-18-16-9-4-13(11-12(16)2)17(21)19-14-5-7-15(20)8-6-14/h4,9,11,14-15,18,20H,3,5-8,10H2,1-2H3,(H,19,21). The molecular formula is C17H26N2O2. The highest BCUT2D eigenvalue weighted by molar-refractivity contribution is 5.95. The average Bonchev–Trinajstić information content (AvgIpc) is 2.48. The van der Waals surface area contributed by atoms with Crippen LogP contribution in [0.3, 0.4) is 0 Å². The molecule has 1 saturated carbocycles. The molecule has 1 aromatic carbocycles. The quantitative estimate of drug-likeness (QED) is 0.781. The lowest BCUT2D eigenvalue weighted by Gasteiger charge is -2.26. The number of benzene rings is 1. The lowest BCUT2D eigenvalue weighted by Crippen LogP contribution is -2.38. The van der Waals surface area contributed by atoms with Crippen LogP contribution in [0.25, 0.3) is 0 Å². The topological polar surface area (TPSA) is 61.4 Å². The second kappa shape index (κ2) is 7.46. The van der Waals surface area contributed by atoms with Gasteiger partial charge in [0.2, 0.25) is 0 Å². The molecule has 1 aliphatic carbocycles. The van der Waals surface area contributed by atoms with E-state index in [0.717, 1.165) is 49.9 Å². The van der Waals surface area contributed by atoms with E-state index in [0.29, 0.717) is 5.56 Å². The van der Waals surface area contributed by atoms with Gasteiger partial charge in [0, 0.05) is 23.8 Å². The first kappa shape index (κ1) is 15.8. The Balaban J connectivity index is 1.94. The Morgan fingerprint density at radius 3 is 2.62 bits per heavy atom. The van der Waals surface area contributed by atoms with Gasteiger partial charge in [-0.15, -0.1) is 0 Å². The van der Waals surface area contributed by atoms with Crippen LogP contribution < -0.4 is 10.6 Å². The fraction of sp³-hybridized carbons (Fsp3) is 0.588. The summed E-state index contributed by atoms with van der Waals surface area (Å²) in [5.41, 5.74) is 2.89. The minimum atomic E-state index is -0.190. The number of hydrogen-bond acceptors (Lipinski definition) is 3. The Labute approximate surface area is 126 Å². The van der Waals surface area contributed by atoms with E-state index in [2.05, 4.69) is 17.6 Å². The largest absolute Gasteiger partial charge is 0.393 e. The molecule has 1 fully saturated rings. The number of nitrogens with one attached hydrogen (secondary N) is 2. The van der Waals surface area contributed by atoms with Gasteiger partial charge in [-0.05, 0) is 62.8 Å². The molecule has 1 amide bonds. The number of rotatable bonds is 5. The fourth-order valence-corrected chi connectivity index (χ4v) is 2.75. The van der Waals surface area contributed by atoms with Gasteiger partial charge in [0.15, 0.2) is 0 Å². The zero-order valence-corrected chi connectivity index (χ0v) is 13.0. The maximum atomic E-state index is 12.3. The first-order valence-electron chi connectivity index (χ1n) is 7.93. The Morgan fingerprint density at radius 1 is 1.29 bits per heavy atom. The molecule has 21 heavy (non-hydrogen) atoms. The number of aryl methyl sites for hydroxylation is 1. The zero-order valence-electron chi connectivity index (χ0n) is 13.0. The van der Waals surface area contributed by atoms with Gasteiger partial charge in [0.05, 0.1) is 6.10 Å². The van der Waals surface area contributed by atoms with Gasteiger partial charge < -0.3 is 15.7 Å². The van der Waals surface area contributed by atoms with Crippen molar-refractivity contribution in [3.05, 3.63) is 29.3 Å². The minimum absolute atomic E-state index is 0.0125. The third-order valence-electron chi connectivity index (χ3n) is 4.09. The van der Waals surface area contributed by atoms with E-state index >= 15 is 0 Å². The molecule has 1 aromatic rings. The van der Waals surface area contributed by atoms with E-state index in [1.165, 1.54) is 0 Å². The molecule has 0 spiro atoms. The van der Waals surface area contributed by atoms with E-state index in [-0.39, 0.29) is 18.1 Å². The van der Waals surface area contributed by atoms with E-state index in [1.807, 2.05) is 25.1 Å². The number of anilines is 1. The maximum Gasteiger partial charge on any atom is 0.251 e. The molecular weight excluding hydrogens is 264 g/mol. The summed E-state index contributed by atoms with van der Waals surface area (Å²) in [5.74, 6) is -0.0125. The normalized spacial score (nSPS) is 21.9. The Kier molecular flexibility index (Phi) is 5.62. The third-order valence-corrected chi connectivity index (χ3v) is 4.09. The number of aliphatic hydroxyl groups is 1. The van der Waals surface area contributed by atoms with Crippen molar-refractivity contribution >= 4 is 11.6 Å². The predicted octanol–water partition coefficient (Wildman–Crippen LogP) is 2.85. The summed E-state index contributed by atoms with van der Waals surface area (Å²) in [5, 5.41) is 15.9. The summed E-state index contributed by atoms with van der Waals surface area (Å²) in [6.07, 6.45) is 4.18. The van der Waals surface area contributed by atoms with Crippen molar-refractivity contribution in [3.8, 4) is 0 Å². The van der Waals surface area contributed by atoms with Crippen molar-refractivity contribution in [3.63, 3.8) is 0 Å². The molecule has 0 unspecified atom stereocenters. The van der Waals surface area contributed by atoms with E-state index in [9.17, 15) is 9.90 Å². The van der Waals surface area contributed by atoms with E-state index in [1.54, 1.807) is 0 Å². The summed E-state index contributed by atoms with van der Waals surface area (Å²) in [6, 6.07) is 5.98. The van der Waals surface area contributed by atoms with Gasteiger partial charge >= 0.3 is 0 Å². The van der Waals surface area contributed by atoms with Gasteiger partial charge in [-0.2, -0.15) is 0 Å². The SMILES string of the molecule is CCCNc1ccc(C(=O)NC2CCC(O)CC2)cc1C. The second-order valence-corrected chi connectivity index (χ2v) is 5.94. The van der Waals surface area contributed by atoms with Crippen molar-refractivity contribution in [2.45, 2.75) is 58.1 Å². The lowest BCUT2D eigenvalue weighted by molar-refractivity contribution is 0.0867. The molecule has 0 atom stereocenters. The van der Waals surface area contributed by atoms with Crippen molar-refractivity contribution in [2.75, 3.05) is 11.9 Å². The molecule has 2 rings (SSSR count). The molecule has 0 aliphatic heterocycles. The van der Waals surface area contributed by atoms with Crippen LogP contribution in [0.2, 0.25) is 0 Å². The molecule has 0 bridgehead atoms. The van der Waals surface area contributed by atoms with Gasteiger partial charge in [0.1, 0.15) is 0 Å². The van der Waals surface area contributed by atoms with Crippen LogP contribution in [0.5, 0.6) is 0 Å². The lowest BCUT2D eigenvalue weighted by atomic mass is 9.93. The van der Waals surface area contributed by atoms with E-state index < -0.39 is 0 Å². The molecule has 0 aromatic heterocycles. The highest BCUT2D eigenvalue weighted by Gasteiger charge is 2.21. The number of carbonyl (C=O) groups is 1. The monoisotopic (exact) mass is 290 g/mol. The average molecular weight is 290 g/mol. The first-order chi connectivity index (χ1) is 10.1. The highest BCUT2D eigenvalue weighted by Crippen LogP contribution is 2.20. The number of aliphatic hydroxyl groups excluding tert-OH is 1. The number of carbonyl (C=O) groups excluding carboxylic acids is 1. The summed E-state index contributed by atoms with van der Waals surface area (Å²) in [4.78, 5) is 12.3. The molecule has 116 valence electrons. The molecule has 3 N–H and O–H groups in total. The number of hydrogen-bond donors (Lipinski definition) is 3. The van der Waals surface area contributed by atoms with Crippen LogP contribution in [0, 0.1) is 6.92 Å². The maximum absolute atomic E-state index is 12.3. The zero-order chi connectivity index (χ0) is 15.2. The van der Waals surface area contributed by atoms with Gasteiger partial charge in [-0.25, -0.2) is 0 Å². The van der Waals surface area contributed by atoms with Gasteiger partial charge in [0.25, 0.3) is 5.91 Å². The molecule has 0 saturated heterocycles. The van der Waals surface area contributed by atoms with Crippen LogP contribution >= 0.6 is 0 Å². The Morgan fingerprint density at radius 2 is 2.00 bits per heavy atom. The van der Waals surface area contributed by atoms with Crippen LogP contribution in [0.15, 0.2) is 18.2 Å². The summed E-state index contributed by atoms with van der Waals surface area (Å²) >= 11 is 0. The molecule has 4 nitrogen and oxygen atoms in total. The van der Waals surface area contributed by atoms with Crippen molar-refractivity contribution in [2.24, 2.45) is 0 Å². The second-order valence-electron chi connectivity index (χ2n) is 5.94. The van der Waals surface area contributed by atoms with Crippen molar-refractivity contribution in [1.29, 1.82) is 0 Å². The molecule has 1 aliphatic rings. The van der Waals surface area contributed by atoms with E-state index in [4.69, 9.17) is 0 Å². The predicted molar refractivity (Wildman–Crippen MR) is 85.7 cm³/mol. The fourth-order valence-electron chi connectivity index (χ4n) is 2.75. The van der Waals surface area contributed by atoms with Crippen LogP contribution in [0.1, 0.15) is 54.9 Å². The van der Waals surface area contributed by atoms with Crippen LogP contribution in [-0.2, 0) is 0 Å². The summed E-state index contributed by atoms with van der Waals surface area (Å²) < 4.78 is 0. The van der Waals surface area contributed by atoms with Crippen molar-refractivity contribution in [1.82, 2.24) is 5.32 Å². The molecule has 0 radical (unpaired) electrons.